The van der Waals surface area contributed by atoms with E-state index in [1.54, 1.807) is 13.8 Å². The van der Waals surface area contributed by atoms with Crippen molar-refractivity contribution < 1.29 is 14.1 Å². The van der Waals surface area contributed by atoms with Crippen LogP contribution in [0, 0.1) is 13.8 Å². The number of carbonyl (C=O) groups excluding carboxylic acids is 1. The van der Waals surface area contributed by atoms with Crippen molar-refractivity contribution in [3.05, 3.63) is 21.8 Å². The number of fused-ring (bicyclic) bond motifs is 1. The first-order chi connectivity index (χ1) is 10.5. The Kier molecular flexibility index (Phi) is 5.26. The summed E-state index contributed by atoms with van der Waals surface area (Å²) in [7, 11) is 0. The molecule has 120 valence electrons. The Labute approximate surface area is 127 Å². The van der Waals surface area contributed by atoms with E-state index >= 15 is 0 Å². The summed E-state index contributed by atoms with van der Waals surface area (Å²) in [4.78, 5) is 24.1. The van der Waals surface area contributed by atoms with Crippen LogP contribution in [0.4, 0.5) is 0 Å². The van der Waals surface area contributed by atoms with E-state index in [1.807, 2.05) is 6.92 Å². The minimum Gasteiger partial charge on any atom is -0.382 e. The van der Waals surface area contributed by atoms with E-state index in [0.29, 0.717) is 36.6 Å². The van der Waals surface area contributed by atoms with Gasteiger partial charge in [0.1, 0.15) is 12.3 Å². The summed E-state index contributed by atoms with van der Waals surface area (Å²) >= 11 is 0. The number of amides is 1. The molecule has 0 aromatic carbocycles. The van der Waals surface area contributed by atoms with Gasteiger partial charge in [-0.05, 0) is 27.2 Å². The van der Waals surface area contributed by atoms with Crippen molar-refractivity contribution in [2.45, 2.75) is 33.7 Å². The summed E-state index contributed by atoms with van der Waals surface area (Å²) in [5.41, 5.74) is 0.383. The number of hydrogen-bond acceptors (Lipinski definition) is 6. The third-order valence-corrected chi connectivity index (χ3v) is 3.22. The Bertz CT molecular complexity index is 719. The molecule has 0 aliphatic carbocycles. The molecule has 0 saturated carbocycles. The molecule has 0 bridgehead atoms. The van der Waals surface area contributed by atoms with Crippen LogP contribution in [0.2, 0.25) is 0 Å². The zero-order chi connectivity index (χ0) is 16.1. The molecule has 1 N–H and O–H groups in total. The largest absolute Gasteiger partial charge is 0.382 e. The number of aromatic nitrogens is 3. The molecular weight excluding hydrogens is 288 g/mol. The smallest absolute Gasteiger partial charge is 0.297 e. The van der Waals surface area contributed by atoms with Crippen molar-refractivity contribution in [2.24, 2.45) is 0 Å². The Balaban J connectivity index is 2.04. The first kappa shape index (κ1) is 16.2. The molecule has 1 amide bonds. The minimum atomic E-state index is -0.429. The van der Waals surface area contributed by atoms with Crippen molar-refractivity contribution in [1.82, 2.24) is 20.3 Å². The molecule has 8 nitrogen and oxygen atoms in total. The van der Waals surface area contributed by atoms with Gasteiger partial charge in [-0.2, -0.15) is 5.10 Å². The maximum absolute atomic E-state index is 12.2. The monoisotopic (exact) mass is 308 g/mol. The van der Waals surface area contributed by atoms with E-state index < -0.39 is 5.56 Å². The topological polar surface area (TPSA) is 99.2 Å². The fraction of sp³-hybridized carbons (Fsp3) is 0.571. The summed E-state index contributed by atoms with van der Waals surface area (Å²) in [5.74, 6) is 0.273. The van der Waals surface area contributed by atoms with Crippen LogP contribution in [0.25, 0.3) is 10.9 Å². The molecular formula is C14H20N4O4. The van der Waals surface area contributed by atoms with Gasteiger partial charge in [0, 0.05) is 19.8 Å². The lowest BCUT2D eigenvalue weighted by Gasteiger charge is -2.07. The molecule has 2 heterocycles. The zero-order valence-corrected chi connectivity index (χ0v) is 13.0. The molecule has 2 aromatic rings. The van der Waals surface area contributed by atoms with Crippen molar-refractivity contribution >= 4 is 16.8 Å². The standard InChI is InChI=1S/C14H20N4O4/c1-4-21-7-5-6-15-11(19)8-18-14(20)13-12(9(2)16-18)10(3)22-17-13/h4-8H2,1-3H3,(H,15,19). The Hall–Kier alpha value is -2.22. The highest BCUT2D eigenvalue weighted by molar-refractivity contribution is 5.82. The lowest BCUT2D eigenvalue weighted by molar-refractivity contribution is -0.121. The van der Waals surface area contributed by atoms with Gasteiger partial charge in [-0.25, -0.2) is 4.68 Å². The summed E-state index contributed by atoms with van der Waals surface area (Å²) < 4.78 is 11.3. The SMILES string of the molecule is CCOCCCNC(=O)Cn1nc(C)c2c(C)onc2c1=O. The van der Waals surface area contributed by atoms with E-state index in [1.165, 1.54) is 0 Å². The fourth-order valence-electron chi connectivity index (χ4n) is 2.19. The summed E-state index contributed by atoms with van der Waals surface area (Å²) in [5, 5.41) is 11.2. The molecule has 0 saturated heterocycles. The van der Waals surface area contributed by atoms with Crippen LogP contribution in [-0.4, -0.2) is 40.6 Å². The van der Waals surface area contributed by atoms with Crippen LogP contribution >= 0.6 is 0 Å². The summed E-state index contributed by atoms with van der Waals surface area (Å²) in [6.07, 6.45) is 0.725. The third-order valence-electron chi connectivity index (χ3n) is 3.22. The minimum absolute atomic E-state index is 0.143. The second kappa shape index (κ2) is 7.17. The number of aryl methyl sites for hydroxylation is 2. The van der Waals surface area contributed by atoms with Gasteiger partial charge in [-0.1, -0.05) is 5.16 Å². The van der Waals surface area contributed by atoms with Gasteiger partial charge in [0.15, 0.2) is 5.52 Å². The van der Waals surface area contributed by atoms with Gasteiger partial charge in [-0.15, -0.1) is 0 Å². The molecule has 8 heteroatoms. The molecule has 0 unspecified atom stereocenters. The van der Waals surface area contributed by atoms with Crippen molar-refractivity contribution in [3.8, 4) is 0 Å². The summed E-state index contributed by atoms with van der Waals surface area (Å²) in [6.45, 7) is 7.00. The molecule has 22 heavy (non-hydrogen) atoms. The van der Waals surface area contributed by atoms with Gasteiger partial charge in [0.2, 0.25) is 5.91 Å². The van der Waals surface area contributed by atoms with Crippen molar-refractivity contribution in [2.75, 3.05) is 19.8 Å². The molecule has 0 aliphatic heterocycles. The maximum atomic E-state index is 12.2. The quantitative estimate of drug-likeness (QED) is 0.750. The molecule has 2 rings (SSSR count). The van der Waals surface area contributed by atoms with Gasteiger partial charge >= 0.3 is 0 Å². The van der Waals surface area contributed by atoms with Crippen LogP contribution in [-0.2, 0) is 16.1 Å². The van der Waals surface area contributed by atoms with Crippen LogP contribution in [0.15, 0.2) is 9.32 Å². The highest BCUT2D eigenvalue weighted by Gasteiger charge is 2.16. The lowest BCUT2D eigenvalue weighted by atomic mass is 10.2. The number of nitrogens with zero attached hydrogens (tertiary/aromatic N) is 3. The molecule has 0 spiro atoms. The third kappa shape index (κ3) is 3.51. The Morgan fingerprint density at radius 2 is 2.18 bits per heavy atom. The number of hydrogen-bond donors (Lipinski definition) is 1. The van der Waals surface area contributed by atoms with Crippen LogP contribution in [0.1, 0.15) is 24.8 Å². The second-order valence-electron chi connectivity index (χ2n) is 4.91. The highest BCUT2D eigenvalue weighted by atomic mass is 16.5. The first-order valence-corrected chi connectivity index (χ1v) is 7.22. The van der Waals surface area contributed by atoms with Crippen LogP contribution in [0.3, 0.4) is 0 Å². The number of rotatable bonds is 7. The summed E-state index contributed by atoms with van der Waals surface area (Å²) in [6, 6.07) is 0. The molecule has 2 aromatic heterocycles. The predicted molar refractivity (Wildman–Crippen MR) is 79.7 cm³/mol. The zero-order valence-electron chi connectivity index (χ0n) is 13.0. The average Bonchev–Trinajstić information content (AvgIpc) is 2.87. The van der Waals surface area contributed by atoms with E-state index in [0.717, 1.165) is 11.1 Å². The van der Waals surface area contributed by atoms with Gasteiger partial charge < -0.3 is 14.6 Å². The lowest BCUT2D eigenvalue weighted by Crippen LogP contribution is -2.34. The van der Waals surface area contributed by atoms with Crippen molar-refractivity contribution in [3.63, 3.8) is 0 Å². The number of carbonyl (C=O) groups is 1. The molecule has 0 radical (unpaired) electrons. The number of nitrogens with one attached hydrogen (secondary N) is 1. The van der Waals surface area contributed by atoms with Gasteiger partial charge in [-0.3, -0.25) is 9.59 Å². The van der Waals surface area contributed by atoms with E-state index in [9.17, 15) is 9.59 Å². The molecule has 0 atom stereocenters. The highest BCUT2D eigenvalue weighted by Crippen LogP contribution is 2.16. The number of ether oxygens (including phenoxy) is 1. The predicted octanol–water partition coefficient (Wildman–Crippen LogP) is 0.544. The van der Waals surface area contributed by atoms with E-state index in [2.05, 4.69) is 15.6 Å². The van der Waals surface area contributed by atoms with E-state index in [4.69, 9.17) is 9.26 Å². The normalized spacial score (nSPS) is 11.0. The Morgan fingerprint density at radius 3 is 2.91 bits per heavy atom. The van der Waals surface area contributed by atoms with Gasteiger partial charge in [0.25, 0.3) is 5.56 Å². The average molecular weight is 308 g/mol. The van der Waals surface area contributed by atoms with Crippen LogP contribution < -0.4 is 10.9 Å². The first-order valence-electron chi connectivity index (χ1n) is 7.22. The Morgan fingerprint density at radius 1 is 1.41 bits per heavy atom. The second-order valence-corrected chi connectivity index (χ2v) is 4.91. The van der Waals surface area contributed by atoms with Crippen LogP contribution in [0.5, 0.6) is 0 Å². The van der Waals surface area contributed by atoms with E-state index in [-0.39, 0.29) is 18.0 Å². The fourth-order valence-corrected chi connectivity index (χ4v) is 2.19. The van der Waals surface area contributed by atoms with Gasteiger partial charge in [0.05, 0.1) is 11.1 Å². The maximum Gasteiger partial charge on any atom is 0.297 e. The molecule has 0 aliphatic rings. The molecule has 0 fully saturated rings. The van der Waals surface area contributed by atoms with Crippen molar-refractivity contribution in [1.29, 1.82) is 0 Å².